The molecule has 1 aromatic heterocycles. The molecule has 0 radical (unpaired) electrons. The van der Waals surface area contributed by atoms with Crippen LogP contribution in [0.5, 0.6) is 0 Å². The third-order valence-corrected chi connectivity index (χ3v) is 5.14. The van der Waals surface area contributed by atoms with E-state index in [1.807, 2.05) is 0 Å². The summed E-state index contributed by atoms with van der Waals surface area (Å²) in [5, 5.41) is 9.30. The molecule has 8 heteroatoms. The Morgan fingerprint density at radius 1 is 1.10 bits per heavy atom. The first-order valence-electron chi connectivity index (χ1n) is 9.12. The van der Waals surface area contributed by atoms with E-state index in [1.165, 1.54) is 21.9 Å². The third-order valence-electron chi connectivity index (χ3n) is 4.70. The van der Waals surface area contributed by atoms with Crippen molar-refractivity contribution in [3.63, 3.8) is 0 Å². The molecule has 29 heavy (non-hydrogen) atoms. The largest absolute Gasteiger partial charge is 0.478 e. The maximum atomic E-state index is 12.7. The fraction of sp³-hybridized carbons (Fsp3) is 0.238. The van der Waals surface area contributed by atoms with E-state index in [1.54, 1.807) is 45.0 Å². The predicted octanol–water partition coefficient (Wildman–Crippen LogP) is 3.33. The number of rotatable bonds is 5. The Labute approximate surface area is 173 Å². The molecule has 2 amide bonds. The molecule has 0 unspecified atom stereocenters. The van der Waals surface area contributed by atoms with E-state index in [0.717, 1.165) is 11.1 Å². The second kappa shape index (κ2) is 8.00. The smallest absolute Gasteiger partial charge is 0.335 e. The number of furan rings is 1. The Kier molecular flexibility index (Phi) is 5.65. The molecule has 0 bridgehead atoms. The standard InChI is InChI=1S/C21H20N2O5S/c1-4-22-18(24)16(19(25)23(5-2)21(22)29)11-14-7-9-17(28-14)15-8-6-13(20(26)27)10-12(15)3/h6-11H,4-5H2,1-3H3,(H,26,27). The number of benzene rings is 1. The molecule has 2 aromatic rings. The summed E-state index contributed by atoms with van der Waals surface area (Å²) in [6.45, 7) is 6.09. The van der Waals surface area contributed by atoms with Gasteiger partial charge < -0.3 is 9.52 Å². The number of carbonyl (C=O) groups is 3. The molecular weight excluding hydrogens is 392 g/mol. The molecule has 7 nitrogen and oxygen atoms in total. The molecule has 150 valence electrons. The maximum absolute atomic E-state index is 12.7. The lowest BCUT2D eigenvalue weighted by atomic mass is 10.0. The number of nitrogens with zero attached hydrogens (tertiary/aromatic N) is 2. The number of thiocarbonyl (C=S) groups is 1. The Hall–Kier alpha value is -3.26. The van der Waals surface area contributed by atoms with E-state index in [9.17, 15) is 14.4 Å². The first-order chi connectivity index (χ1) is 13.8. The minimum Gasteiger partial charge on any atom is -0.478 e. The molecule has 1 N–H and O–H groups in total. The maximum Gasteiger partial charge on any atom is 0.335 e. The molecule has 1 aliphatic rings. The lowest BCUT2D eigenvalue weighted by Gasteiger charge is -2.35. The van der Waals surface area contributed by atoms with Crippen LogP contribution in [0.25, 0.3) is 17.4 Å². The lowest BCUT2D eigenvalue weighted by molar-refractivity contribution is -0.133. The summed E-state index contributed by atoms with van der Waals surface area (Å²) < 4.78 is 5.82. The van der Waals surface area contributed by atoms with Gasteiger partial charge in [0.05, 0.1) is 5.56 Å². The summed E-state index contributed by atoms with van der Waals surface area (Å²) >= 11 is 5.25. The number of amides is 2. The monoisotopic (exact) mass is 412 g/mol. The number of carboxylic acids is 1. The van der Waals surface area contributed by atoms with Gasteiger partial charge in [-0.1, -0.05) is 6.07 Å². The van der Waals surface area contributed by atoms with Gasteiger partial charge in [-0.15, -0.1) is 0 Å². The average Bonchev–Trinajstić information content (AvgIpc) is 3.14. The van der Waals surface area contributed by atoms with Gasteiger partial charge in [0.15, 0.2) is 5.11 Å². The molecule has 3 rings (SSSR count). The number of hydrogen-bond donors (Lipinski definition) is 1. The minimum atomic E-state index is -1.00. The van der Waals surface area contributed by atoms with Gasteiger partial charge >= 0.3 is 5.97 Å². The van der Waals surface area contributed by atoms with Crippen LogP contribution >= 0.6 is 12.2 Å². The summed E-state index contributed by atoms with van der Waals surface area (Å²) in [6.07, 6.45) is 1.42. The fourth-order valence-corrected chi connectivity index (χ4v) is 3.60. The summed E-state index contributed by atoms with van der Waals surface area (Å²) in [7, 11) is 0. The number of carbonyl (C=O) groups excluding carboxylic acids is 2. The van der Waals surface area contributed by atoms with Gasteiger partial charge in [-0.2, -0.15) is 0 Å². The van der Waals surface area contributed by atoms with E-state index >= 15 is 0 Å². The van der Waals surface area contributed by atoms with Crippen molar-refractivity contribution in [2.24, 2.45) is 0 Å². The average molecular weight is 412 g/mol. The van der Waals surface area contributed by atoms with Crippen molar-refractivity contribution in [3.8, 4) is 11.3 Å². The number of likely N-dealkylation sites (N-methyl/N-ethyl adjacent to an activating group) is 2. The Bertz CT molecular complexity index is 1030. The summed E-state index contributed by atoms with van der Waals surface area (Å²) in [5.74, 6) is -1.05. The van der Waals surface area contributed by atoms with Crippen LogP contribution in [-0.2, 0) is 9.59 Å². The molecule has 0 aliphatic carbocycles. The Morgan fingerprint density at radius 3 is 2.24 bits per heavy atom. The first kappa shape index (κ1) is 20.5. The molecule has 1 aliphatic heterocycles. The van der Waals surface area contributed by atoms with E-state index < -0.39 is 17.8 Å². The van der Waals surface area contributed by atoms with Crippen molar-refractivity contribution >= 4 is 41.2 Å². The minimum absolute atomic E-state index is 0.0128. The van der Waals surface area contributed by atoms with Crippen LogP contribution in [-0.4, -0.2) is 50.9 Å². The molecule has 0 atom stereocenters. The van der Waals surface area contributed by atoms with Gasteiger partial charge in [0.2, 0.25) is 0 Å². The topological polar surface area (TPSA) is 91.1 Å². The van der Waals surface area contributed by atoms with Crippen LogP contribution in [0.3, 0.4) is 0 Å². The van der Waals surface area contributed by atoms with Crippen molar-refractivity contribution < 1.29 is 23.9 Å². The van der Waals surface area contributed by atoms with Crippen molar-refractivity contribution in [2.75, 3.05) is 13.1 Å². The van der Waals surface area contributed by atoms with Crippen molar-refractivity contribution in [3.05, 3.63) is 52.8 Å². The van der Waals surface area contributed by atoms with E-state index in [2.05, 4.69) is 0 Å². The van der Waals surface area contributed by atoms with Gasteiger partial charge in [-0.3, -0.25) is 19.4 Å². The normalized spacial score (nSPS) is 14.6. The van der Waals surface area contributed by atoms with Crippen molar-refractivity contribution in [1.82, 2.24) is 9.80 Å². The van der Waals surface area contributed by atoms with Crippen LogP contribution in [0.1, 0.15) is 35.5 Å². The zero-order valence-electron chi connectivity index (χ0n) is 16.3. The Balaban J connectivity index is 1.97. The number of aromatic carboxylic acids is 1. The highest BCUT2D eigenvalue weighted by Gasteiger charge is 2.38. The third kappa shape index (κ3) is 3.71. The zero-order valence-corrected chi connectivity index (χ0v) is 17.1. The number of carboxylic acid groups (broad SMARTS) is 1. The highest BCUT2D eigenvalue weighted by Crippen LogP contribution is 2.28. The van der Waals surface area contributed by atoms with Gasteiger partial charge in [0.1, 0.15) is 17.1 Å². The van der Waals surface area contributed by atoms with Crippen LogP contribution < -0.4 is 0 Å². The van der Waals surface area contributed by atoms with E-state index in [4.69, 9.17) is 21.7 Å². The van der Waals surface area contributed by atoms with Crippen molar-refractivity contribution in [2.45, 2.75) is 20.8 Å². The van der Waals surface area contributed by atoms with Crippen LogP contribution in [0.4, 0.5) is 0 Å². The molecule has 2 heterocycles. The summed E-state index contributed by atoms with van der Waals surface area (Å²) in [4.78, 5) is 39.3. The number of aryl methyl sites for hydroxylation is 1. The molecule has 0 spiro atoms. The molecular formula is C21H20N2O5S. The number of hydrogen-bond acceptors (Lipinski definition) is 5. The summed E-state index contributed by atoms with van der Waals surface area (Å²) in [5.41, 5.74) is 1.64. The van der Waals surface area contributed by atoms with E-state index in [0.29, 0.717) is 24.6 Å². The van der Waals surface area contributed by atoms with Gasteiger partial charge in [0, 0.05) is 18.7 Å². The van der Waals surface area contributed by atoms with Crippen LogP contribution in [0.15, 0.2) is 40.3 Å². The molecule has 1 saturated heterocycles. The molecule has 0 saturated carbocycles. The van der Waals surface area contributed by atoms with Crippen molar-refractivity contribution in [1.29, 1.82) is 0 Å². The second-order valence-corrected chi connectivity index (χ2v) is 6.84. The van der Waals surface area contributed by atoms with Crippen LogP contribution in [0, 0.1) is 6.92 Å². The highest BCUT2D eigenvalue weighted by atomic mass is 32.1. The van der Waals surface area contributed by atoms with Gasteiger partial charge in [-0.25, -0.2) is 4.79 Å². The second-order valence-electron chi connectivity index (χ2n) is 6.48. The molecule has 1 aromatic carbocycles. The SMILES string of the molecule is CCN1C(=O)C(=Cc2ccc(-c3ccc(C(=O)O)cc3C)o2)C(=O)N(CC)C1=S. The fourth-order valence-electron chi connectivity index (χ4n) is 3.17. The summed E-state index contributed by atoms with van der Waals surface area (Å²) in [6, 6.07) is 8.10. The van der Waals surface area contributed by atoms with Gasteiger partial charge in [0.25, 0.3) is 11.8 Å². The lowest BCUT2D eigenvalue weighted by Crippen LogP contribution is -2.55. The first-order valence-corrected chi connectivity index (χ1v) is 9.52. The van der Waals surface area contributed by atoms with Gasteiger partial charge in [-0.05, 0) is 68.9 Å². The highest BCUT2D eigenvalue weighted by molar-refractivity contribution is 7.80. The van der Waals surface area contributed by atoms with Crippen LogP contribution in [0.2, 0.25) is 0 Å². The predicted molar refractivity (Wildman–Crippen MR) is 111 cm³/mol. The van der Waals surface area contributed by atoms with E-state index in [-0.39, 0.29) is 16.2 Å². The Morgan fingerprint density at radius 2 is 1.72 bits per heavy atom. The zero-order chi connectivity index (χ0) is 21.3. The quantitative estimate of drug-likeness (QED) is 0.460. The molecule has 1 fully saturated rings.